The number of unbranched alkanes of at least 4 members (excludes halogenated alkanes) is 27. The monoisotopic (exact) mass is 1080 g/mol. The van der Waals surface area contributed by atoms with E-state index in [2.05, 4.69) is 142 Å². The quantitative estimate of drug-likeness (QED) is 0.0261. The van der Waals surface area contributed by atoms with Crippen LogP contribution in [0.3, 0.4) is 0 Å². The topological polar surface area (TPSA) is 78.9 Å². The van der Waals surface area contributed by atoms with Crippen LogP contribution in [0.1, 0.15) is 297 Å². The Morgan fingerprint density at radius 3 is 0.782 bits per heavy atom. The summed E-state index contributed by atoms with van der Waals surface area (Å²) in [5.74, 6) is -0.915. The van der Waals surface area contributed by atoms with Crippen LogP contribution in [-0.4, -0.2) is 37.2 Å². The van der Waals surface area contributed by atoms with Crippen LogP contribution in [-0.2, 0) is 28.6 Å². The molecule has 0 fully saturated rings. The summed E-state index contributed by atoms with van der Waals surface area (Å²) in [6.45, 7) is 6.39. The van der Waals surface area contributed by atoms with Crippen LogP contribution < -0.4 is 0 Å². The number of ether oxygens (including phenoxy) is 3. The summed E-state index contributed by atoms with van der Waals surface area (Å²) >= 11 is 0. The highest BCUT2D eigenvalue weighted by atomic mass is 16.6. The van der Waals surface area contributed by atoms with Gasteiger partial charge in [-0.25, -0.2) is 0 Å². The minimum absolute atomic E-state index is 0.0911. The van der Waals surface area contributed by atoms with E-state index in [1.807, 2.05) is 0 Å². The number of carbonyl (C=O) groups excluding carboxylic acids is 3. The van der Waals surface area contributed by atoms with Crippen molar-refractivity contribution in [3.8, 4) is 0 Å². The Hall–Kier alpha value is -4.19. The van der Waals surface area contributed by atoms with Gasteiger partial charge in [0.05, 0.1) is 0 Å². The highest BCUT2D eigenvalue weighted by molar-refractivity contribution is 5.71. The van der Waals surface area contributed by atoms with Crippen molar-refractivity contribution in [2.45, 2.75) is 303 Å². The Labute approximate surface area is 482 Å². The second kappa shape index (κ2) is 65.3. The molecular formula is C72H120O6. The predicted octanol–water partition coefficient (Wildman–Crippen LogP) is 22.4. The Bertz CT molecular complexity index is 1620. The second-order valence-corrected chi connectivity index (χ2v) is 21.3. The average Bonchev–Trinajstić information content (AvgIpc) is 3.44. The van der Waals surface area contributed by atoms with Gasteiger partial charge >= 0.3 is 17.9 Å². The SMILES string of the molecule is CC/C=C\C/C=C\C/C=C\C/C=C\CCCCCCCCCCCCCCC(=O)OCC(COC(=O)CCCCCCC/C=C\C/C=C\CCCCCC)OC(=O)CCCCCCCC/C=C\C/C=C\C/C=C\C/C=C\CC. The van der Waals surface area contributed by atoms with E-state index in [-0.39, 0.29) is 31.1 Å². The van der Waals surface area contributed by atoms with Gasteiger partial charge in [-0.3, -0.25) is 14.4 Å². The molecule has 0 rings (SSSR count). The molecule has 0 saturated heterocycles. The fraction of sp³-hybridized carbons (Fsp3) is 0.681. The van der Waals surface area contributed by atoms with Crippen molar-refractivity contribution >= 4 is 17.9 Å². The van der Waals surface area contributed by atoms with Crippen LogP contribution in [0.4, 0.5) is 0 Å². The highest BCUT2D eigenvalue weighted by Gasteiger charge is 2.19. The first-order valence-electron chi connectivity index (χ1n) is 32.5. The molecule has 0 aliphatic carbocycles. The van der Waals surface area contributed by atoms with Crippen molar-refractivity contribution in [3.05, 3.63) is 122 Å². The van der Waals surface area contributed by atoms with Crippen molar-refractivity contribution in [1.29, 1.82) is 0 Å². The van der Waals surface area contributed by atoms with Gasteiger partial charge in [0.25, 0.3) is 0 Å². The van der Waals surface area contributed by atoms with Gasteiger partial charge < -0.3 is 14.2 Å². The standard InChI is InChI=1S/C72H120O6/c1-4-7-10-13-16-19-22-25-28-31-33-34-35-36-37-38-40-41-44-47-50-53-56-59-62-65-71(74)77-68-69(67-76-70(73)64-61-58-55-52-49-46-43-30-27-24-21-18-15-12-9-6-3)78-72(75)66-63-60-57-54-51-48-45-42-39-32-29-26-23-20-17-14-11-8-5-2/h7-8,10-11,16-17,19-21,24-26,28-30,33-34,39,42-43,69H,4-6,9,12-15,18,22-23,27,31-32,35-38,40-41,44-68H2,1-3H3/b10-7-,11-8-,19-16-,20-17-,24-21-,28-25-,29-26-,34-33-,42-39-,43-30-. The fourth-order valence-electron chi connectivity index (χ4n) is 8.87. The summed E-state index contributed by atoms with van der Waals surface area (Å²) < 4.78 is 16.9. The summed E-state index contributed by atoms with van der Waals surface area (Å²) in [4.78, 5) is 38.4. The number of allylic oxidation sites excluding steroid dienone is 20. The first kappa shape index (κ1) is 73.8. The van der Waals surface area contributed by atoms with Gasteiger partial charge in [0.15, 0.2) is 6.10 Å². The van der Waals surface area contributed by atoms with E-state index >= 15 is 0 Å². The molecule has 0 N–H and O–H groups in total. The average molecular weight is 1080 g/mol. The maximum Gasteiger partial charge on any atom is 0.306 e. The van der Waals surface area contributed by atoms with Crippen molar-refractivity contribution in [3.63, 3.8) is 0 Å². The molecule has 0 aliphatic heterocycles. The number of hydrogen-bond acceptors (Lipinski definition) is 6. The molecule has 1 unspecified atom stereocenters. The zero-order valence-corrected chi connectivity index (χ0v) is 50.9. The zero-order valence-electron chi connectivity index (χ0n) is 50.9. The molecule has 6 heteroatoms. The molecule has 0 saturated carbocycles. The van der Waals surface area contributed by atoms with E-state index < -0.39 is 6.10 Å². The van der Waals surface area contributed by atoms with E-state index in [1.54, 1.807) is 0 Å². The second-order valence-electron chi connectivity index (χ2n) is 21.3. The Morgan fingerprint density at radius 1 is 0.269 bits per heavy atom. The third-order valence-corrected chi connectivity index (χ3v) is 13.7. The van der Waals surface area contributed by atoms with E-state index in [9.17, 15) is 14.4 Å². The summed E-state index contributed by atoms with van der Waals surface area (Å²) in [6.07, 6.45) is 90.6. The van der Waals surface area contributed by atoms with Gasteiger partial charge in [-0.15, -0.1) is 0 Å². The normalized spacial score (nSPS) is 12.9. The van der Waals surface area contributed by atoms with Crippen LogP contribution in [0.5, 0.6) is 0 Å². The van der Waals surface area contributed by atoms with Crippen LogP contribution in [0, 0.1) is 0 Å². The number of rotatable bonds is 58. The molecule has 78 heavy (non-hydrogen) atoms. The maximum atomic E-state index is 12.9. The van der Waals surface area contributed by atoms with Gasteiger partial charge in [0.2, 0.25) is 0 Å². The summed E-state index contributed by atoms with van der Waals surface area (Å²) in [7, 11) is 0. The molecule has 0 spiro atoms. The Balaban J connectivity index is 4.39. The molecule has 1 atom stereocenters. The lowest BCUT2D eigenvalue weighted by Gasteiger charge is -2.18. The van der Waals surface area contributed by atoms with Crippen LogP contribution in [0.25, 0.3) is 0 Å². The maximum absolute atomic E-state index is 12.9. The molecule has 0 aromatic rings. The molecule has 444 valence electrons. The molecule has 0 radical (unpaired) electrons. The predicted molar refractivity (Wildman–Crippen MR) is 339 cm³/mol. The number of esters is 3. The summed E-state index contributed by atoms with van der Waals surface area (Å²) in [5.41, 5.74) is 0. The Kier molecular flexibility index (Phi) is 61.8. The van der Waals surface area contributed by atoms with Gasteiger partial charge in [-0.1, -0.05) is 271 Å². The van der Waals surface area contributed by atoms with Gasteiger partial charge in [0, 0.05) is 19.3 Å². The first-order valence-corrected chi connectivity index (χ1v) is 32.5. The van der Waals surface area contributed by atoms with Gasteiger partial charge in [0.1, 0.15) is 13.2 Å². The van der Waals surface area contributed by atoms with Crippen molar-refractivity contribution in [2.75, 3.05) is 13.2 Å². The zero-order chi connectivity index (χ0) is 56.4. The minimum atomic E-state index is -0.797. The van der Waals surface area contributed by atoms with Crippen LogP contribution in [0.15, 0.2) is 122 Å². The number of hydrogen-bond donors (Lipinski definition) is 0. The molecule has 0 aromatic heterocycles. The van der Waals surface area contributed by atoms with Gasteiger partial charge in [-0.2, -0.15) is 0 Å². The molecular weight excluding hydrogens is 961 g/mol. The molecule has 0 aliphatic rings. The minimum Gasteiger partial charge on any atom is -0.462 e. The number of carbonyl (C=O) groups is 3. The molecule has 0 bridgehead atoms. The van der Waals surface area contributed by atoms with E-state index in [0.29, 0.717) is 19.3 Å². The van der Waals surface area contributed by atoms with Crippen molar-refractivity contribution in [1.82, 2.24) is 0 Å². The van der Waals surface area contributed by atoms with E-state index in [0.717, 1.165) is 148 Å². The van der Waals surface area contributed by atoms with Crippen LogP contribution in [0.2, 0.25) is 0 Å². The molecule has 0 aromatic carbocycles. The third-order valence-electron chi connectivity index (χ3n) is 13.7. The smallest absolute Gasteiger partial charge is 0.306 e. The van der Waals surface area contributed by atoms with Crippen molar-refractivity contribution in [2.24, 2.45) is 0 Å². The largest absolute Gasteiger partial charge is 0.462 e. The molecule has 0 heterocycles. The summed E-state index contributed by atoms with van der Waals surface area (Å²) in [6, 6.07) is 0. The third kappa shape index (κ3) is 62.7. The molecule has 6 nitrogen and oxygen atoms in total. The lowest BCUT2D eigenvalue weighted by Crippen LogP contribution is -2.30. The Morgan fingerprint density at radius 2 is 0.500 bits per heavy atom. The molecule has 0 amide bonds. The lowest BCUT2D eigenvalue weighted by molar-refractivity contribution is -0.167. The first-order chi connectivity index (χ1) is 38.5. The fourth-order valence-corrected chi connectivity index (χ4v) is 8.87. The van der Waals surface area contributed by atoms with Crippen LogP contribution >= 0.6 is 0 Å². The summed E-state index contributed by atoms with van der Waals surface area (Å²) in [5, 5.41) is 0. The lowest BCUT2D eigenvalue weighted by atomic mass is 10.0. The van der Waals surface area contributed by atoms with Crippen molar-refractivity contribution < 1.29 is 28.6 Å². The van der Waals surface area contributed by atoms with E-state index in [1.165, 1.54) is 109 Å². The van der Waals surface area contributed by atoms with Gasteiger partial charge in [-0.05, 0) is 128 Å². The highest BCUT2D eigenvalue weighted by Crippen LogP contribution is 2.16. The van der Waals surface area contributed by atoms with E-state index in [4.69, 9.17) is 14.2 Å².